The minimum absolute atomic E-state index is 0.212. The van der Waals surface area contributed by atoms with E-state index in [1.807, 2.05) is 0 Å². The van der Waals surface area contributed by atoms with Gasteiger partial charge in [-0.15, -0.1) is 0 Å². The molecule has 102 valence electrons. The van der Waals surface area contributed by atoms with Crippen molar-refractivity contribution in [2.45, 2.75) is 12.7 Å². The van der Waals surface area contributed by atoms with E-state index in [9.17, 15) is 13.2 Å². The summed E-state index contributed by atoms with van der Waals surface area (Å²) in [6, 6.07) is 6.53. The van der Waals surface area contributed by atoms with Crippen molar-refractivity contribution < 1.29 is 17.6 Å². The van der Waals surface area contributed by atoms with Gasteiger partial charge in [0.25, 0.3) is 0 Å². The second kappa shape index (κ2) is 5.46. The fourth-order valence-electron chi connectivity index (χ4n) is 1.47. The zero-order valence-corrected chi connectivity index (χ0v) is 11.7. The van der Waals surface area contributed by atoms with Crippen LogP contribution in [-0.4, -0.2) is 0 Å². The SMILES string of the molecule is FC(F)(F)c1ccc(Cl)c(NCc2ccc(Br)o2)c1. The third-order valence-corrected chi connectivity index (χ3v) is 3.13. The molecule has 19 heavy (non-hydrogen) atoms. The molecule has 0 aliphatic rings. The summed E-state index contributed by atoms with van der Waals surface area (Å²) in [5.41, 5.74) is -0.538. The molecule has 1 aromatic carbocycles. The smallest absolute Gasteiger partial charge is 0.416 e. The summed E-state index contributed by atoms with van der Waals surface area (Å²) in [5, 5.41) is 3.03. The standard InChI is InChI=1S/C12H8BrClF3NO/c13-11-4-2-8(19-11)6-18-10-5-7(12(15,16)17)1-3-9(10)14/h1-5,18H,6H2. The Kier molecular flexibility index (Phi) is 4.10. The topological polar surface area (TPSA) is 25.2 Å². The van der Waals surface area contributed by atoms with Gasteiger partial charge in [-0.3, -0.25) is 0 Å². The lowest BCUT2D eigenvalue weighted by molar-refractivity contribution is -0.137. The van der Waals surface area contributed by atoms with Crippen LogP contribution >= 0.6 is 27.5 Å². The van der Waals surface area contributed by atoms with E-state index in [1.165, 1.54) is 6.07 Å². The summed E-state index contributed by atoms with van der Waals surface area (Å²) in [5.74, 6) is 0.584. The fourth-order valence-corrected chi connectivity index (χ4v) is 1.99. The molecular formula is C12H8BrClF3NO. The molecule has 1 aromatic heterocycles. The molecule has 0 saturated carbocycles. The van der Waals surface area contributed by atoms with Gasteiger partial charge in [0.05, 0.1) is 22.8 Å². The Balaban J connectivity index is 2.15. The molecule has 7 heteroatoms. The molecule has 0 unspecified atom stereocenters. The lowest BCUT2D eigenvalue weighted by atomic mass is 10.2. The first-order valence-corrected chi connectivity index (χ1v) is 6.38. The maximum atomic E-state index is 12.6. The third-order valence-electron chi connectivity index (χ3n) is 2.38. The van der Waals surface area contributed by atoms with Gasteiger partial charge in [0.2, 0.25) is 0 Å². The van der Waals surface area contributed by atoms with Crippen molar-refractivity contribution in [2.75, 3.05) is 5.32 Å². The van der Waals surface area contributed by atoms with Gasteiger partial charge in [0.1, 0.15) is 5.76 Å². The van der Waals surface area contributed by atoms with Crippen LogP contribution in [0.3, 0.4) is 0 Å². The summed E-state index contributed by atoms with van der Waals surface area (Å²) in [6.07, 6.45) is -4.39. The Bertz CT molecular complexity index is 583. The first kappa shape index (κ1) is 14.3. The summed E-state index contributed by atoms with van der Waals surface area (Å²) in [6.45, 7) is 0.243. The Labute approximate surface area is 120 Å². The van der Waals surface area contributed by atoms with Crippen LogP contribution in [0.2, 0.25) is 5.02 Å². The highest BCUT2D eigenvalue weighted by molar-refractivity contribution is 9.10. The normalized spacial score (nSPS) is 11.6. The second-order valence-electron chi connectivity index (χ2n) is 3.75. The predicted molar refractivity (Wildman–Crippen MR) is 70.2 cm³/mol. The van der Waals surface area contributed by atoms with Gasteiger partial charge in [-0.1, -0.05) is 11.6 Å². The van der Waals surface area contributed by atoms with E-state index in [4.69, 9.17) is 16.0 Å². The van der Waals surface area contributed by atoms with Crippen molar-refractivity contribution in [3.8, 4) is 0 Å². The van der Waals surface area contributed by atoms with Crippen molar-refractivity contribution in [1.29, 1.82) is 0 Å². The van der Waals surface area contributed by atoms with Crippen LogP contribution in [0.4, 0.5) is 18.9 Å². The summed E-state index contributed by atoms with van der Waals surface area (Å²) < 4.78 is 43.5. The van der Waals surface area contributed by atoms with E-state index in [0.717, 1.165) is 12.1 Å². The van der Waals surface area contributed by atoms with Crippen LogP contribution in [-0.2, 0) is 12.7 Å². The quantitative estimate of drug-likeness (QED) is 0.806. The number of halogens is 5. The first-order valence-electron chi connectivity index (χ1n) is 5.21. The van der Waals surface area contributed by atoms with Gasteiger partial charge in [-0.2, -0.15) is 13.2 Å². The highest BCUT2D eigenvalue weighted by atomic mass is 79.9. The number of hydrogen-bond acceptors (Lipinski definition) is 2. The third kappa shape index (κ3) is 3.67. The highest BCUT2D eigenvalue weighted by Crippen LogP contribution is 2.34. The molecular weight excluding hydrogens is 346 g/mol. The van der Waals surface area contributed by atoms with E-state index < -0.39 is 11.7 Å². The van der Waals surface area contributed by atoms with Crippen LogP contribution in [0, 0.1) is 0 Å². The van der Waals surface area contributed by atoms with Crippen molar-refractivity contribution >= 4 is 33.2 Å². The summed E-state index contributed by atoms with van der Waals surface area (Å²) in [7, 11) is 0. The molecule has 2 aromatic rings. The zero-order chi connectivity index (χ0) is 14.0. The Morgan fingerprint density at radius 2 is 1.95 bits per heavy atom. The number of rotatable bonds is 3. The summed E-state index contributed by atoms with van der Waals surface area (Å²) in [4.78, 5) is 0. The molecule has 0 fully saturated rings. The van der Waals surface area contributed by atoms with E-state index in [2.05, 4.69) is 21.2 Å². The monoisotopic (exact) mass is 353 g/mol. The maximum absolute atomic E-state index is 12.6. The van der Waals surface area contributed by atoms with Gasteiger partial charge >= 0.3 is 6.18 Å². The minimum atomic E-state index is -4.39. The van der Waals surface area contributed by atoms with E-state index in [0.29, 0.717) is 10.4 Å². The molecule has 2 nitrogen and oxygen atoms in total. The van der Waals surface area contributed by atoms with Crippen LogP contribution in [0.25, 0.3) is 0 Å². The van der Waals surface area contributed by atoms with Gasteiger partial charge < -0.3 is 9.73 Å². The molecule has 0 amide bonds. The lowest BCUT2D eigenvalue weighted by Gasteiger charge is -2.11. The average Bonchev–Trinajstić information content (AvgIpc) is 2.72. The van der Waals surface area contributed by atoms with Crippen LogP contribution < -0.4 is 5.32 Å². The number of furan rings is 1. The number of alkyl halides is 3. The molecule has 0 atom stereocenters. The van der Waals surface area contributed by atoms with E-state index in [1.54, 1.807) is 12.1 Å². The maximum Gasteiger partial charge on any atom is 0.416 e. The molecule has 0 radical (unpaired) electrons. The lowest BCUT2D eigenvalue weighted by Crippen LogP contribution is -2.06. The number of benzene rings is 1. The summed E-state index contributed by atoms with van der Waals surface area (Å²) >= 11 is 8.99. The molecule has 2 rings (SSSR count). The number of nitrogens with one attached hydrogen (secondary N) is 1. The van der Waals surface area contributed by atoms with Crippen LogP contribution in [0.1, 0.15) is 11.3 Å². The first-order chi connectivity index (χ1) is 8.86. The molecule has 0 aliphatic carbocycles. The van der Waals surface area contributed by atoms with Crippen molar-refractivity contribution in [1.82, 2.24) is 0 Å². The van der Waals surface area contributed by atoms with Crippen molar-refractivity contribution in [2.24, 2.45) is 0 Å². The molecule has 1 heterocycles. The molecule has 0 aliphatic heterocycles. The Morgan fingerprint density at radius 3 is 2.53 bits per heavy atom. The number of anilines is 1. The molecule has 0 saturated heterocycles. The van der Waals surface area contributed by atoms with Crippen molar-refractivity contribution in [3.05, 3.63) is 51.3 Å². The van der Waals surface area contributed by atoms with Crippen LogP contribution in [0.15, 0.2) is 39.4 Å². The van der Waals surface area contributed by atoms with E-state index in [-0.39, 0.29) is 17.3 Å². The minimum Gasteiger partial charge on any atom is -0.452 e. The Hall–Kier alpha value is -1.14. The molecule has 0 bridgehead atoms. The average molecular weight is 355 g/mol. The highest BCUT2D eigenvalue weighted by Gasteiger charge is 2.30. The molecule has 1 N–H and O–H groups in total. The number of hydrogen-bond donors (Lipinski definition) is 1. The van der Waals surface area contributed by atoms with E-state index >= 15 is 0 Å². The van der Waals surface area contributed by atoms with Crippen molar-refractivity contribution in [3.63, 3.8) is 0 Å². The predicted octanol–water partition coefficient (Wildman–Crippen LogP) is 5.33. The largest absolute Gasteiger partial charge is 0.452 e. The second-order valence-corrected chi connectivity index (χ2v) is 4.94. The fraction of sp³-hybridized carbons (Fsp3) is 0.167. The van der Waals surface area contributed by atoms with Gasteiger partial charge in [0.15, 0.2) is 4.67 Å². The Morgan fingerprint density at radius 1 is 1.21 bits per heavy atom. The zero-order valence-electron chi connectivity index (χ0n) is 9.39. The van der Waals surface area contributed by atoms with Gasteiger partial charge in [-0.25, -0.2) is 0 Å². The van der Waals surface area contributed by atoms with Crippen LogP contribution in [0.5, 0.6) is 0 Å². The van der Waals surface area contributed by atoms with Gasteiger partial charge in [-0.05, 0) is 46.3 Å². The molecule has 0 spiro atoms. The van der Waals surface area contributed by atoms with Gasteiger partial charge in [0, 0.05) is 0 Å².